The fourth-order valence-electron chi connectivity index (χ4n) is 4.70. The SMILES string of the molecule is O=C(NCC1(c2ccccc2)CCOCC1)c1cccc(S(=O)(=O)N2CCCCCC2)c1. The Labute approximate surface area is 191 Å². The molecule has 0 radical (unpaired) electrons. The fourth-order valence-corrected chi connectivity index (χ4v) is 6.27. The first-order valence-electron chi connectivity index (χ1n) is 11.5. The summed E-state index contributed by atoms with van der Waals surface area (Å²) < 4.78 is 33.4. The number of sulfonamides is 1. The van der Waals surface area contributed by atoms with E-state index in [0.29, 0.717) is 38.4 Å². The number of benzene rings is 2. The van der Waals surface area contributed by atoms with E-state index in [-0.39, 0.29) is 16.2 Å². The lowest BCUT2D eigenvalue weighted by Crippen LogP contribution is -2.44. The number of carbonyl (C=O) groups is 1. The summed E-state index contributed by atoms with van der Waals surface area (Å²) in [6.45, 7) is 2.89. The maximum absolute atomic E-state index is 13.1. The van der Waals surface area contributed by atoms with E-state index in [1.54, 1.807) is 22.5 Å². The Kier molecular flexibility index (Phi) is 7.28. The highest BCUT2D eigenvalue weighted by atomic mass is 32.2. The summed E-state index contributed by atoms with van der Waals surface area (Å²) in [6, 6.07) is 16.7. The van der Waals surface area contributed by atoms with Crippen LogP contribution in [0.15, 0.2) is 59.5 Å². The third-order valence-electron chi connectivity index (χ3n) is 6.72. The molecule has 0 aliphatic carbocycles. The van der Waals surface area contributed by atoms with E-state index < -0.39 is 10.0 Å². The van der Waals surface area contributed by atoms with Gasteiger partial charge in [0.15, 0.2) is 0 Å². The summed E-state index contributed by atoms with van der Waals surface area (Å²) in [5.74, 6) is -0.250. The molecule has 0 spiro atoms. The molecule has 0 aromatic heterocycles. The van der Waals surface area contributed by atoms with Crippen LogP contribution in [-0.4, -0.2) is 51.5 Å². The van der Waals surface area contributed by atoms with E-state index in [9.17, 15) is 13.2 Å². The predicted molar refractivity (Wildman–Crippen MR) is 124 cm³/mol. The first-order valence-corrected chi connectivity index (χ1v) is 13.0. The van der Waals surface area contributed by atoms with E-state index in [1.807, 2.05) is 18.2 Å². The summed E-state index contributed by atoms with van der Waals surface area (Å²) in [6.07, 6.45) is 5.54. The Bertz CT molecular complexity index is 1010. The van der Waals surface area contributed by atoms with Crippen LogP contribution in [0.3, 0.4) is 0 Å². The standard InChI is InChI=1S/C25H32N2O4S/c28-24(26-20-25(13-17-31-18-14-25)22-10-4-3-5-11-22)21-9-8-12-23(19-21)32(29,30)27-15-6-1-2-7-16-27/h3-5,8-12,19H,1-2,6-7,13-18,20H2,(H,26,28). The van der Waals surface area contributed by atoms with Crippen molar-refractivity contribution in [3.63, 3.8) is 0 Å². The molecule has 0 unspecified atom stereocenters. The van der Waals surface area contributed by atoms with Crippen molar-refractivity contribution in [1.82, 2.24) is 9.62 Å². The van der Waals surface area contributed by atoms with Crippen molar-refractivity contribution in [2.45, 2.75) is 48.8 Å². The second kappa shape index (κ2) is 10.1. The van der Waals surface area contributed by atoms with Gasteiger partial charge in [0.2, 0.25) is 10.0 Å². The molecule has 7 heteroatoms. The van der Waals surface area contributed by atoms with Gasteiger partial charge in [-0.2, -0.15) is 4.31 Å². The van der Waals surface area contributed by atoms with Crippen LogP contribution in [-0.2, 0) is 20.2 Å². The molecular weight excluding hydrogens is 424 g/mol. The molecule has 172 valence electrons. The third-order valence-corrected chi connectivity index (χ3v) is 8.62. The maximum atomic E-state index is 13.1. The van der Waals surface area contributed by atoms with Crippen molar-refractivity contribution in [2.75, 3.05) is 32.8 Å². The molecule has 2 aromatic rings. The average molecular weight is 457 g/mol. The molecule has 0 bridgehead atoms. The summed E-state index contributed by atoms with van der Waals surface area (Å²) in [5.41, 5.74) is 1.39. The largest absolute Gasteiger partial charge is 0.381 e. The van der Waals surface area contributed by atoms with Gasteiger partial charge in [-0.05, 0) is 49.4 Å². The maximum Gasteiger partial charge on any atom is 0.251 e. The lowest BCUT2D eigenvalue weighted by molar-refractivity contribution is 0.0487. The second-order valence-electron chi connectivity index (χ2n) is 8.79. The molecule has 1 amide bonds. The number of hydrogen-bond donors (Lipinski definition) is 1. The Hall–Kier alpha value is -2.22. The molecular formula is C25H32N2O4S. The number of amides is 1. The quantitative estimate of drug-likeness (QED) is 0.719. The van der Waals surface area contributed by atoms with Crippen LogP contribution < -0.4 is 5.32 Å². The lowest BCUT2D eigenvalue weighted by atomic mass is 9.74. The molecule has 2 aliphatic heterocycles. The van der Waals surface area contributed by atoms with Crippen molar-refractivity contribution in [2.24, 2.45) is 0 Å². The van der Waals surface area contributed by atoms with Gasteiger partial charge in [0.1, 0.15) is 0 Å². The molecule has 0 atom stereocenters. The minimum atomic E-state index is -3.60. The monoisotopic (exact) mass is 456 g/mol. The van der Waals surface area contributed by atoms with Gasteiger partial charge in [0.25, 0.3) is 5.91 Å². The number of nitrogens with zero attached hydrogens (tertiary/aromatic N) is 1. The molecule has 2 fully saturated rings. The Morgan fingerprint density at radius 1 is 0.938 bits per heavy atom. The number of nitrogens with one attached hydrogen (secondary N) is 1. The second-order valence-corrected chi connectivity index (χ2v) is 10.7. The van der Waals surface area contributed by atoms with Crippen LogP contribution in [0.5, 0.6) is 0 Å². The molecule has 6 nitrogen and oxygen atoms in total. The van der Waals surface area contributed by atoms with Gasteiger partial charge in [-0.1, -0.05) is 49.2 Å². The number of ether oxygens (including phenoxy) is 1. The van der Waals surface area contributed by atoms with Gasteiger partial charge in [-0.15, -0.1) is 0 Å². The van der Waals surface area contributed by atoms with Crippen LogP contribution in [0.4, 0.5) is 0 Å². The Morgan fingerprint density at radius 2 is 1.62 bits per heavy atom. The highest BCUT2D eigenvalue weighted by Gasteiger charge is 2.35. The normalized spacial score (nSPS) is 19.8. The van der Waals surface area contributed by atoms with Gasteiger partial charge in [0, 0.05) is 43.8 Å². The summed E-state index contributed by atoms with van der Waals surface area (Å²) in [5, 5.41) is 3.07. The average Bonchev–Trinajstić information content (AvgIpc) is 3.14. The van der Waals surface area contributed by atoms with Gasteiger partial charge in [-0.3, -0.25) is 4.79 Å². The first kappa shape index (κ1) is 23.0. The number of rotatable bonds is 6. The van der Waals surface area contributed by atoms with E-state index >= 15 is 0 Å². The molecule has 4 rings (SSSR count). The van der Waals surface area contributed by atoms with Crippen LogP contribution in [0.25, 0.3) is 0 Å². The smallest absolute Gasteiger partial charge is 0.251 e. The predicted octanol–water partition coefficient (Wildman–Crippen LogP) is 3.73. The van der Waals surface area contributed by atoms with Crippen molar-refractivity contribution in [1.29, 1.82) is 0 Å². The van der Waals surface area contributed by atoms with Crippen molar-refractivity contribution >= 4 is 15.9 Å². The van der Waals surface area contributed by atoms with Gasteiger partial charge in [-0.25, -0.2) is 8.42 Å². The topological polar surface area (TPSA) is 75.7 Å². The van der Waals surface area contributed by atoms with Crippen LogP contribution in [0, 0.1) is 0 Å². The lowest BCUT2D eigenvalue weighted by Gasteiger charge is -2.38. The van der Waals surface area contributed by atoms with Gasteiger partial charge in [0.05, 0.1) is 4.90 Å². The van der Waals surface area contributed by atoms with E-state index in [1.165, 1.54) is 11.6 Å². The summed E-state index contributed by atoms with van der Waals surface area (Å²) in [4.78, 5) is 13.2. The summed E-state index contributed by atoms with van der Waals surface area (Å²) in [7, 11) is -3.60. The van der Waals surface area contributed by atoms with Crippen LogP contribution in [0.2, 0.25) is 0 Å². The van der Waals surface area contributed by atoms with Crippen LogP contribution in [0.1, 0.15) is 54.4 Å². The minimum absolute atomic E-state index is 0.176. The third kappa shape index (κ3) is 5.05. The highest BCUT2D eigenvalue weighted by Crippen LogP contribution is 2.34. The van der Waals surface area contributed by atoms with E-state index in [2.05, 4.69) is 17.4 Å². The zero-order valence-electron chi connectivity index (χ0n) is 18.5. The van der Waals surface area contributed by atoms with Gasteiger partial charge >= 0.3 is 0 Å². The van der Waals surface area contributed by atoms with E-state index in [0.717, 1.165) is 38.5 Å². The van der Waals surface area contributed by atoms with Crippen molar-refractivity contribution in [3.8, 4) is 0 Å². The molecule has 2 heterocycles. The minimum Gasteiger partial charge on any atom is -0.381 e. The first-order chi connectivity index (χ1) is 15.5. The molecule has 0 saturated carbocycles. The van der Waals surface area contributed by atoms with E-state index in [4.69, 9.17) is 4.74 Å². The molecule has 2 aromatic carbocycles. The molecule has 2 aliphatic rings. The van der Waals surface area contributed by atoms with Crippen molar-refractivity contribution in [3.05, 3.63) is 65.7 Å². The summed E-state index contributed by atoms with van der Waals surface area (Å²) >= 11 is 0. The Balaban J connectivity index is 1.50. The van der Waals surface area contributed by atoms with Crippen LogP contribution >= 0.6 is 0 Å². The number of carbonyl (C=O) groups excluding carboxylic acids is 1. The van der Waals surface area contributed by atoms with Gasteiger partial charge < -0.3 is 10.1 Å². The highest BCUT2D eigenvalue weighted by molar-refractivity contribution is 7.89. The molecule has 32 heavy (non-hydrogen) atoms. The Morgan fingerprint density at radius 3 is 2.31 bits per heavy atom. The molecule has 2 saturated heterocycles. The fraction of sp³-hybridized carbons (Fsp3) is 0.480. The molecule has 1 N–H and O–H groups in total. The zero-order valence-corrected chi connectivity index (χ0v) is 19.3. The zero-order chi connectivity index (χ0) is 22.4. The number of hydrogen-bond acceptors (Lipinski definition) is 4. The van der Waals surface area contributed by atoms with Crippen molar-refractivity contribution < 1.29 is 17.9 Å².